The summed E-state index contributed by atoms with van der Waals surface area (Å²) in [4.78, 5) is 31.4. The Kier molecular flexibility index (Phi) is 6.40. The van der Waals surface area contributed by atoms with Crippen LogP contribution in [0.15, 0.2) is 64.3 Å². The largest absolute Gasteiger partial charge is 0.344 e. The zero-order chi connectivity index (χ0) is 20.9. The van der Waals surface area contributed by atoms with Gasteiger partial charge in [-0.1, -0.05) is 43.7 Å². The summed E-state index contributed by atoms with van der Waals surface area (Å²) >= 11 is 3.06. The van der Waals surface area contributed by atoms with E-state index in [2.05, 4.69) is 41.5 Å². The third-order valence-electron chi connectivity index (χ3n) is 5.01. The lowest BCUT2D eigenvalue weighted by molar-refractivity contribution is -0.121. The van der Waals surface area contributed by atoms with Gasteiger partial charge in [-0.3, -0.25) is 14.2 Å². The number of hydrogen-bond acceptors (Lipinski definition) is 5. The summed E-state index contributed by atoms with van der Waals surface area (Å²) in [5.74, 6) is -0.0941. The lowest BCUT2D eigenvalue weighted by atomic mass is 10.0. The molecule has 0 fully saturated rings. The Morgan fingerprint density at radius 2 is 1.97 bits per heavy atom. The van der Waals surface area contributed by atoms with Crippen molar-refractivity contribution >= 4 is 38.8 Å². The number of hydrogen-bond donors (Lipinski definition) is 1. The van der Waals surface area contributed by atoms with Crippen molar-refractivity contribution in [2.24, 2.45) is 0 Å². The van der Waals surface area contributed by atoms with Crippen molar-refractivity contribution < 1.29 is 4.79 Å². The first-order valence-corrected chi connectivity index (χ1v) is 11.8. The molecule has 1 N–H and O–H groups in total. The number of aromatic nitrogens is 2. The van der Waals surface area contributed by atoms with Gasteiger partial charge in [-0.15, -0.1) is 22.7 Å². The first kappa shape index (κ1) is 20.5. The highest BCUT2D eigenvalue weighted by Gasteiger charge is 2.18. The molecule has 30 heavy (non-hydrogen) atoms. The second kappa shape index (κ2) is 9.36. The second-order valence-corrected chi connectivity index (χ2v) is 9.01. The van der Waals surface area contributed by atoms with Gasteiger partial charge in [-0.2, -0.15) is 0 Å². The minimum Gasteiger partial charge on any atom is -0.344 e. The van der Waals surface area contributed by atoms with E-state index in [0.717, 1.165) is 28.1 Å². The van der Waals surface area contributed by atoms with Crippen LogP contribution in [-0.4, -0.2) is 15.5 Å². The molecule has 0 aliphatic rings. The van der Waals surface area contributed by atoms with Gasteiger partial charge in [0.2, 0.25) is 5.91 Å². The van der Waals surface area contributed by atoms with Crippen LogP contribution in [0.3, 0.4) is 0 Å². The standard InChI is InChI=1S/C23H23N3O2S2/c1-2-4-16-6-8-17(9-7-16)21(19-5-3-13-29-19)25-20(27)10-12-26-15-24-22-18(23(26)28)11-14-30-22/h3,5-9,11,13-15,21H,2,4,10,12H2,1H3,(H,25,27). The molecule has 3 heterocycles. The smallest absolute Gasteiger partial charge is 0.262 e. The van der Waals surface area contributed by atoms with Crippen LogP contribution < -0.4 is 10.9 Å². The predicted molar refractivity (Wildman–Crippen MR) is 123 cm³/mol. The molecule has 7 heteroatoms. The molecule has 154 valence electrons. The van der Waals surface area contributed by atoms with Gasteiger partial charge in [-0.05, 0) is 40.4 Å². The molecule has 1 atom stereocenters. The predicted octanol–water partition coefficient (Wildman–Crippen LogP) is 4.77. The van der Waals surface area contributed by atoms with Gasteiger partial charge in [-0.25, -0.2) is 4.98 Å². The molecule has 0 saturated carbocycles. The van der Waals surface area contributed by atoms with E-state index >= 15 is 0 Å². The molecule has 0 bridgehead atoms. The molecule has 0 radical (unpaired) electrons. The molecular weight excluding hydrogens is 414 g/mol. The van der Waals surface area contributed by atoms with E-state index in [1.165, 1.54) is 27.8 Å². The Morgan fingerprint density at radius 3 is 2.70 bits per heavy atom. The fraction of sp³-hybridized carbons (Fsp3) is 0.261. The van der Waals surface area contributed by atoms with Crippen molar-refractivity contribution in [3.05, 3.63) is 85.9 Å². The van der Waals surface area contributed by atoms with Crippen LogP contribution in [0.5, 0.6) is 0 Å². The van der Waals surface area contributed by atoms with E-state index in [1.54, 1.807) is 17.4 Å². The van der Waals surface area contributed by atoms with Crippen LogP contribution in [-0.2, 0) is 17.8 Å². The van der Waals surface area contributed by atoms with Crippen molar-refractivity contribution in [1.29, 1.82) is 0 Å². The Balaban J connectivity index is 1.47. The zero-order valence-electron chi connectivity index (χ0n) is 16.7. The van der Waals surface area contributed by atoms with E-state index < -0.39 is 0 Å². The van der Waals surface area contributed by atoms with Gasteiger partial charge >= 0.3 is 0 Å². The lowest BCUT2D eigenvalue weighted by Crippen LogP contribution is -2.31. The van der Waals surface area contributed by atoms with Crippen molar-refractivity contribution in [1.82, 2.24) is 14.9 Å². The minimum absolute atomic E-state index is 0.0941. The maximum absolute atomic E-state index is 12.7. The fourth-order valence-corrected chi connectivity index (χ4v) is 4.97. The van der Waals surface area contributed by atoms with Crippen LogP contribution in [0.4, 0.5) is 0 Å². The SMILES string of the molecule is CCCc1ccc(C(NC(=O)CCn2cnc3sccc3c2=O)c2cccs2)cc1. The van der Waals surface area contributed by atoms with E-state index in [9.17, 15) is 9.59 Å². The summed E-state index contributed by atoms with van der Waals surface area (Å²) in [7, 11) is 0. The first-order valence-electron chi connectivity index (χ1n) is 10.00. The van der Waals surface area contributed by atoms with Crippen molar-refractivity contribution in [2.75, 3.05) is 0 Å². The molecule has 1 amide bonds. The number of aryl methyl sites for hydroxylation is 2. The molecule has 0 aliphatic carbocycles. The van der Waals surface area contributed by atoms with Gasteiger partial charge in [0.15, 0.2) is 0 Å². The highest BCUT2D eigenvalue weighted by Crippen LogP contribution is 2.26. The molecule has 0 spiro atoms. The number of benzene rings is 1. The van der Waals surface area contributed by atoms with Gasteiger partial charge in [0.1, 0.15) is 4.83 Å². The quantitative estimate of drug-likeness (QED) is 0.432. The topological polar surface area (TPSA) is 64.0 Å². The third-order valence-corrected chi connectivity index (χ3v) is 6.77. The Morgan fingerprint density at radius 1 is 1.13 bits per heavy atom. The van der Waals surface area contributed by atoms with Crippen LogP contribution in [0, 0.1) is 0 Å². The molecular formula is C23H23N3O2S2. The molecule has 3 aromatic heterocycles. The van der Waals surface area contributed by atoms with Crippen LogP contribution >= 0.6 is 22.7 Å². The van der Waals surface area contributed by atoms with Crippen molar-refractivity contribution in [2.45, 2.75) is 38.8 Å². The zero-order valence-corrected chi connectivity index (χ0v) is 18.3. The summed E-state index contributed by atoms with van der Waals surface area (Å²) in [5.41, 5.74) is 2.26. The van der Waals surface area contributed by atoms with E-state index in [0.29, 0.717) is 11.9 Å². The molecule has 5 nitrogen and oxygen atoms in total. The molecule has 1 aromatic carbocycles. The van der Waals surface area contributed by atoms with Crippen LogP contribution in [0.1, 0.15) is 41.8 Å². The lowest BCUT2D eigenvalue weighted by Gasteiger charge is -2.19. The maximum atomic E-state index is 12.7. The molecule has 0 aliphatic heterocycles. The highest BCUT2D eigenvalue weighted by atomic mass is 32.1. The Hall–Kier alpha value is -2.77. The monoisotopic (exact) mass is 437 g/mol. The Bertz CT molecular complexity index is 1180. The normalized spacial score (nSPS) is 12.2. The molecule has 4 aromatic rings. The summed E-state index contributed by atoms with van der Waals surface area (Å²) in [6.07, 6.45) is 3.90. The van der Waals surface area contributed by atoms with E-state index in [4.69, 9.17) is 0 Å². The van der Waals surface area contributed by atoms with E-state index in [-0.39, 0.29) is 23.9 Å². The van der Waals surface area contributed by atoms with E-state index in [1.807, 2.05) is 22.9 Å². The number of rotatable bonds is 8. The number of amides is 1. The van der Waals surface area contributed by atoms with Crippen LogP contribution in [0.2, 0.25) is 0 Å². The number of carbonyl (C=O) groups excluding carboxylic acids is 1. The number of nitrogens with one attached hydrogen (secondary N) is 1. The Labute approximate surface area is 183 Å². The molecule has 0 saturated heterocycles. The van der Waals surface area contributed by atoms with Gasteiger partial charge in [0.05, 0.1) is 17.8 Å². The maximum Gasteiger partial charge on any atom is 0.262 e. The van der Waals surface area contributed by atoms with Crippen molar-refractivity contribution in [3.8, 4) is 0 Å². The minimum atomic E-state index is -0.192. The summed E-state index contributed by atoms with van der Waals surface area (Å²) in [6, 6.07) is 14.1. The highest BCUT2D eigenvalue weighted by molar-refractivity contribution is 7.16. The van der Waals surface area contributed by atoms with Gasteiger partial charge in [0, 0.05) is 17.8 Å². The van der Waals surface area contributed by atoms with Gasteiger partial charge < -0.3 is 5.32 Å². The third kappa shape index (κ3) is 4.52. The fourth-order valence-electron chi connectivity index (χ4n) is 3.45. The average Bonchev–Trinajstić information content (AvgIpc) is 3.45. The second-order valence-electron chi connectivity index (χ2n) is 7.14. The summed E-state index contributed by atoms with van der Waals surface area (Å²) in [6.45, 7) is 2.47. The first-order chi connectivity index (χ1) is 14.7. The number of thiophene rings is 2. The summed E-state index contributed by atoms with van der Waals surface area (Å²) in [5, 5.41) is 7.62. The summed E-state index contributed by atoms with van der Waals surface area (Å²) < 4.78 is 1.51. The molecule has 1 unspecified atom stereocenters. The number of nitrogens with zero attached hydrogens (tertiary/aromatic N) is 2. The number of fused-ring (bicyclic) bond motifs is 1. The van der Waals surface area contributed by atoms with Gasteiger partial charge in [0.25, 0.3) is 5.56 Å². The average molecular weight is 438 g/mol. The van der Waals surface area contributed by atoms with Crippen molar-refractivity contribution in [3.63, 3.8) is 0 Å². The van der Waals surface area contributed by atoms with Crippen LogP contribution in [0.25, 0.3) is 10.2 Å². The molecule has 4 rings (SSSR count). The number of carbonyl (C=O) groups is 1.